The van der Waals surface area contributed by atoms with Crippen molar-refractivity contribution in [1.82, 2.24) is 4.57 Å². The quantitative estimate of drug-likeness (QED) is 0.398. The molecule has 0 saturated carbocycles. The van der Waals surface area contributed by atoms with Gasteiger partial charge in [0.15, 0.2) is 0 Å². The Morgan fingerprint density at radius 1 is 1.10 bits per heavy atom. The highest BCUT2D eigenvalue weighted by Gasteiger charge is 2.29. The van der Waals surface area contributed by atoms with E-state index in [1.54, 1.807) is 6.26 Å². The zero-order valence-electron chi connectivity index (χ0n) is 14.1. The maximum atomic E-state index is 5.61. The molecule has 0 N–H and O–H groups in total. The Hall–Kier alpha value is -0.543. The maximum Gasteiger partial charge on any atom is 0.119 e. The standard InChI is InChI=1S/C17H33NOSi/c1-6-7-8-9-10-11-14-18(20(3,4)5)16(2)17-13-12-15-19-17/h12-13,15-16H,6-11,14H2,1-5H3. The monoisotopic (exact) mass is 295 g/mol. The Labute approximate surface area is 126 Å². The van der Waals surface area contributed by atoms with Crippen LogP contribution in [0.25, 0.3) is 0 Å². The molecule has 0 radical (unpaired) electrons. The lowest BCUT2D eigenvalue weighted by Crippen LogP contribution is -2.47. The second-order valence-electron chi connectivity index (χ2n) is 6.82. The number of hydrogen-bond acceptors (Lipinski definition) is 2. The van der Waals surface area contributed by atoms with E-state index in [0.717, 1.165) is 5.76 Å². The molecule has 0 aliphatic rings. The number of unbranched alkanes of at least 4 members (excludes halogenated alkanes) is 5. The first kappa shape index (κ1) is 17.5. The van der Waals surface area contributed by atoms with Crippen LogP contribution in [0.1, 0.15) is 64.2 Å². The Morgan fingerprint density at radius 3 is 2.30 bits per heavy atom. The van der Waals surface area contributed by atoms with Crippen molar-refractivity contribution in [2.45, 2.75) is 78.1 Å². The van der Waals surface area contributed by atoms with Crippen molar-refractivity contribution in [2.75, 3.05) is 6.54 Å². The van der Waals surface area contributed by atoms with E-state index in [9.17, 15) is 0 Å². The van der Waals surface area contributed by atoms with Crippen LogP contribution in [-0.4, -0.2) is 19.3 Å². The zero-order chi connectivity index (χ0) is 15.0. The van der Waals surface area contributed by atoms with E-state index in [2.05, 4.69) is 44.1 Å². The van der Waals surface area contributed by atoms with Crippen LogP contribution in [-0.2, 0) is 0 Å². The fourth-order valence-corrected chi connectivity index (χ4v) is 4.97. The van der Waals surface area contributed by atoms with Gasteiger partial charge in [0.25, 0.3) is 0 Å². The molecule has 1 atom stereocenters. The summed E-state index contributed by atoms with van der Waals surface area (Å²) in [4.78, 5) is 0. The highest BCUT2D eigenvalue weighted by molar-refractivity contribution is 6.73. The Balaban J connectivity index is 2.45. The Bertz CT molecular complexity index is 342. The molecular weight excluding hydrogens is 262 g/mol. The Kier molecular flexibility index (Phi) is 7.60. The second-order valence-corrected chi connectivity index (χ2v) is 11.7. The van der Waals surface area contributed by atoms with Gasteiger partial charge in [-0.2, -0.15) is 0 Å². The summed E-state index contributed by atoms with van der Waals surface area (Å²) in [5.41, 5.74) is 0. The molecule has 0 saturated heterocycles. The number of hydrogen-bond donors (Lipinski definition) is 0. The molecule has 3 heteroatoms. The van der Waals surface area contributed by atoms with Gasteiger partial charge in [0, 0.05) is 0 Å². The highest BCUT2D eigenvalue weighted by atomic mass is 28.3. The maximum absolute atomic E-state index is 5.61. The van der Waals surface area contributed by atoms with Gasteiger partial charge in [-0.3, -0.25) is 0 Å². The highest BCUT2D eigenvalue weighted by Crippen LogP contribution is 2.27. The fraction of sp³-hybridized carbons (Fsp3) is 0.765. The largest absolute Gasteiger partial charge is 0.468 e. The van der Waals surface area contributed by atoms with E-state index in [0.29, 0.717) is 6.04 Å². The summed E-state index contributed by atoms with van der Waals surface area (Å²) in [7, 11) is -1.31. The van der Waals surface area contributed by atoms with Gasteiger partial charge < -0.3 is 8.98 Å². The molecule has 116 valence electrons. The van der Waals surface area contributed by atoms with Crippen LogP contribution in [0.2, 0.25) is 19.6 Å². The normalized spacial score (nSPS) is 13.9. The van der Waals surface area contributed by atoms with Gasteiger partial charge >= 0.3 is 0 Å². The number of rotatable bonds is 10. The number of furan rings is 1. The molecule has 0 amide bonds. The molecule has 1 aromatic rings. The van der Waals surface area contributed by atoms with Gasteiger partial charge in [-0.05, 0) is 32.0 Å². The average molecular weight is 296 g/mol. The van der Waals surface area contributed by atoms with Crippen LogP contribution < -0.4 is 0 Å². The first-order valence-corrected chi connectivity index (χ1v) is 11.7. The van der Waals surface area contributed by atoms with Crippen LogP contribution in [0.5, 0.6) is 0 Å². The molecule has 2 nitrogen and oxygen atoms in total. The summed E-state index contributed by atoms with van der Waals surface area (Å²) in [5.74, 6) is 1.11. The van der Waals surface area contributed by atoms with Gasteiger partial charge in [0.1, 0.15) is 14.0 Å². The fourth-order valence-electron chi connectivity index (χ4n) is 2.86. The van der Waals surface area contributed by atoms with Crippen molar-refractivity contribution in [2.24, 2.45) is 0 Å². The first-order valence-electron chi connectivity index (χ1n) is 8.27. The molecule has 0 aromatic carbocycles. The summed E-state index contributed by atoms with van der Waals surface area (Å²) in [5, 5.41) is 0. The van der Waals surface area contributed by atoms with E-state index in [4.69, 9.17) is 4.42 Å². The van der Waals surface area contributed by atoms with Crippen molar-refractivity contribution in [3.05, 3.63) is 24.2 Å². The van der Waals surface area contributed by atoms with E-state index >= 15 is 0 Å². The minimum atomic E-state index is -1.31. The molecule has 0 spiro atoms. The zero-order valence-corrected chi connectivity index (χ0v) is 15.1. The van der Waals surface area contributed by atoms with Crippen LogP contribution >= 0.6 is 0 Å². The van der Waals surface area contributed by atoms with Crippen LogP contribution in [0, 0.1) is 0 Å². The summed E-state index contributed by atoms with van der Waals surface area (Å²) >= 11 is 0. The van der Waals surface area contributed by atoms with Crippen LogP contribution in [0.3, 0.4) is 0 Å². The van der Waals surface area contributed by atoms with E-state index in [-0.39, 0.29) is 0 Å². The minimum absolute atomic E-state index is 0.410. The number of nitrogens with zero attached hydrogens (tertiary/aromatic N) is 1. The predicted molar refractivity (Wildman–Crippen MR) is 90.6 cm³/mol. The van der Waals surface area contributed by atoms with E-state index in [1.807, 2.05) is 6.07 Å². The third-order valence-electron chi connectivity index (χ3n) is 4.04. The molecule has 0 aliphatic heterocycles. The van der Waals surface area contributed by atoms with E-state index < -0.39 is 8.24 Å². The summed E-state index contributed by atoms with van der Waals surface area (Å²) in [6, 6.07) is 4.52. The van der Waals surface area contributed by atoms with Crippen molar-refractivity contribution in [1.29, 1.82) is 0 Å². The van der Waals surface area contributed by atoms with Crippen molar-refractivity contribution in [3.8, 4) is 0 Å². The third kappa shape index (κ3) is 5.84. The topological polar surface area (TPSA) is 16.4 Å². The van der Waals surface area contributed by atoms with Gasteiger partial charge in [-0.15, -0.1) is 0 Å². The molecule has 0 bridgehead atoms. The third-order valence-corrected chi connectivity index (χ3v) is 6.37. The van der Waals surface area contributed by atoms with Crippen LogP contribution in [0.15, 0.2) is 22.8 Å². The van der Waals surface area contributed by atoms with E-state index in [1.165, 1.54) is 45.1 Å². The molecule has 1 unspecified atom stereocenters. The second kappa shape index (κ2) is 8.68. The average Bonchev–Trinajstić information content (AvgIpc) is 2.89. The lowest BCUT2D eigenvalue weighted by molar-refractivity contribution is 0.289. The summed E-state index contributed by atoms with van der Waals surface area (Å²) < 4.78 is 8.31. The summed E-state index contributed by atoms with van der Waals surface area (Å²) in [6.45, 7) is 13.1. The van der Waals surface area contributed by atoms with Gasteiger partial charge in [0.2, 0.25) is 0 Å². The lowest BCUT2D eigenvalue weighted by atomic mass is 10.1. The van der Waals surface area contributed by atoms with Crippen molar-refractivity contribution < 1.29 is 4.42 Å². The van der Waals surface area contributed by atoms with Gasteiger partial charge in [0.05, 0.1) is 12.3 Å². The molecule has 1 rings (SSSR count). The lowest BCUT2D eigenvalue weighted by Gasteiger charge is -2.38. The molecule has 1 heterocycles. The van der Waals surface area contributed by atoms with Crippen LogP contribution in [0.4, 0.5) is 0 Å². The molecule has 1 aromatic heterocycles. The van der Waals surface area contributed by atoms with Gasteiger partial charge in [-0.25, -0.2) is 0 Å². The molecule has 0 aliphatic carbocycles. The SMILES string of the molecule is CCCCCCCCN(C(C)c1ccco1)[Si](C)(C)C. The van der Waals surface area contributed by atoms with Gasteiger partial charge in [-0.1, -0.05) is 58.7 Å². The molecule has 0 fully saturated rings. The smallest absolute Gasteiger partial charge is 0.119 e. The van der Waals surface area contributed by atoms with Crippen molar-refractivity contribution >= 4 is 8.24 Å². The molecular formula is C17H33NOSi. The summed E-state index contributed by atoms with van der Waals surface area (Å²) in [6.07, 6.45) is 9.99. The molecule has 20 heavy (non-hydrogen) atoms. The van der Waals surface area contributed by atoms with Crippen molar-refractivity contribution in [3.63, 3.8) is 0 Å². The first-order chi connectivity index (χ1) is 9.46. The Morgan fingerprint density at radius 2 is 1.75 bits per heavy atom. The predicted octanol–water partition coefficient (Wildman–Crippen LogP) is 5.84. The minimum Gasteiger partial charge on any atom is -0.468 e.